The molecule has 2 N–H and O–H groups in total. The Bertz CT molecular complexity index is 393. The Kier molecular flexibility index (Phi) is 5.28. The third kappa shape index (κ3) is 5.58. The van der Waals surface area contributed by atoms with E-state index in [0.717, 1.165) is 0 Å². The van der Waals surface area contributed by atoms with Crippen LogP contribution in [0.3, 0.4) is 0 Å². The van der Waals surface area contributed by atoms with Crippen molar-refractivity contribution in [2.75, 3.05) is 0 Å². The van der Waals surface area contributed by atoms with Gasteiger partial charge >= 0.3 is 8.25 Å². The Morgan fingerprint density at radius 1 is 1.53 bits per heavy atom. The molecule has 0 aromatic heterocycles. The van der Waals surface area contributed by atoms with Gasteiger partial charge in [0.25, 0.3) is 0 Å². The summed E-state index contributed by atoms with van der Waals surface area (Å²) in [6.07, 6.45) is -0.703. The standard InChI is InChI=1S/C10H13FNO4P/c1-7(13)12-10(16-17(14)15)6-8-2-4-9(11)5-3-8/h2-5,10,17H,6H2,1H3,(H,12,13)(H,14,15). The van der Waals surface area contributed by atoms with Gasteiger partial charge in [0.15, 0.2) is 0 Å². The van der Waals surface area contributed by atoms with Gasteiger partial charge in [0.2, 0.25) is 5.91 Å². The fourth-order valence-corrected chi connectivity index (χ4v) is 1.69. The average Bonchev–Trinajstić information content (AvgIpc) is 2.19. The molecule has 5 nitrogen and oxygen atoms in total. The number of rotatable bonds is 5. The number of benzene rings is 1. The zero-order valence-electron chi connectivity index (χ0n) is 9.14. The summed E-state index contributed by atoms with van der Waals surface area (Å²) in [6.45, 7) is 1.27. The zero-order chi connectivity index (χ0) is 12.8. The molecule has 0 heterocycles. The van der Waals surface area contributed by atoms with Crippen molar-refractivity contribution >= 4 is 14.2 Å². The lowest BCUT2D eigenvalue weighted by atomic mass is 10.1. The lowest BCUT2D eigenvalue weighted by molar-refractivity contribution is -0.121. The van der Waals surface area contributed by atoms with Gasteiger partial charge in [-0.15, -0.1) is 0 Å². The Balaban J connectivity index is 2.67. The number of hydrogen-bond acceptors (Lipinski definition) is 3. The molecule has 1 amide bonds. The monoisotopic (exact) mass is 261 g/mol. The molecule has 0 spiro atoms. The first-order chi connectivity index (χ1) is 7.97. The number of amides is 1. The summed E-state index contributed by atoms with van der Waals surface area (Å²) in [5.41, 5.74) is 0.688. The second-order valence-electron chi connectivity index (χ2n) is 3.40. The topological polar surface area (TPSA) is 75.6 Å². The highest BCUT2D eigenvalue weighted by Gasteiger charge is 2.13. The molecule has 2 unspecified atom stereocenters. The molecule has 1 rings (SSSR count). The number of carbonyl (C=O) groups is 1. The first kappa shape index (κ1) is 13.8. The van der Waals surface area contributed by atoms with Crippen LogP contribution in [0.15, 0.2) is 24.3 Å². The highest BCUT2D eigenvalue weighted by molar-refractivity contribution is 7.32. The smallest absolute Gasteiger partial charge is 0.318 e. The molecule has 0 aliphatic rings. The summed E-state index contributed by atoms with van der Waals surface area (Å²) >= 11 is 0. The fraction of sp³-hybridized carbons (Fsp3) is 0.300. The van der Waals surface area contributed by atoms with Crippen LogP contribution >= 0.6 is 8.25 Å². The second kappa shape index (κ2) is 6.49. The van der Waals surface area contributed by atoms with Crippen LogP contribution < -0.4 is 5.32 Å². The second-order valence-corrected chi connectivity index (χ2v) is 4.17. The summed E-state index contributed by atoms with van der Waals surface area (Å²) in [5.74, 6) is -0.748. The summed E-state index contributed by atoms with van der Waals surface area (Å²) in [4.78, 5) is 19.5. The quantitative estimate of drug-likeness (QED) is 0.617. The maximum absolute atomic E-state index is 12.7. The van der Waals surface area contributed by atoms with Crippen LogP contribution in [-0.2, 0) is 20.3 Å². The minimum Gasteiger partial charge on any atom is -0.330 e. The molecule has 0 saturated heterocycles. The number of nitrogens with one attached hydrogen (secondary N) is 1. The Morgan fingerprint density at radius 3 is 2.59 bits per heavy atom. The average molecular weight is 261 g/mol. The van der Waals surface area contributed by atoms with E-state index >= 15 is 0 Å². The minimum atomic E-state index is -3.14. The Labute approximate surface area is 98.6 Å². The molecule has 0 aliphatic heterocycles. The first-order valence-electron chi connectivity index (χ1n) is 4.88. The van der Waals surface area contributed by atoms with Gasteiger partial charge < -0.3 is 10.2 Å². The number of hydrogen-bond donors (Lipinski definition) is 2. The Morgan fingerprint density at radius 2 is 2.12 bits per heavy atom. The van der Waals surface area contributed by atoms with Crippen molar-refractivity contribution in [3.8, 4) is 0 Å². The number of halogens is 1. The fourth-order valence-electron chi connectivity index (χ4n) is 1.31. The van der Waals surface area contributed by atoms with Crippen LogP contribution in [0.1, 0.15) is 12.5 Å². The summed E-state index contributed by atoms with van der Waals surface area (Å²) < 4.78 is 27.9. The van der Waals surface area contributed by atoms with E-state index in [4.69, 9.17) is 4.89 Å². The molecule has 0 radical (unpaired) electrons. The first-order valence-corrected chi connectivity index (χ1v) is 6.15. The zero-order valence-corrected chi connectivity index (χ0v) is 10.1. The lowest BCUT2D eigenvalue weighted by Crippen LogP contribution is -2.35. The molecule has 1 aromatic carbocycles. The molecule has 0 aliphatic carbocycles. The lowest BCUT2D eigenvalue weighted by Gasteiger charge is -2.16. The molecular weight excluding hydrogens is 248 g/mol. The van der Waals surface area contributed by atoms with Gasteiger partial charge in [0.1, 0.15) is 12.0 Å². The van der Waals surface area contributed by atoms with Crippen molar-refractivity contribution in [2.45, 2.75) is 19.6 Å². The van der Waals surface area contributed by atoms with E-state index in [-0.39, 0.29) is 18.1 Å². The van der Waals surface area contributed by atoms with Crippen LogP contribution in [0.4, 0.5) is 4.39 Å². The van der Waals surface area contributed by atoms with Gasteiger partial charge in [-0.3, -0.25) is 13.9 Å². The SMILES string of the molecule is CC(=O)NC(Cc1ccc(F)cc1)O[PH](=O)O. The molecule has 94 valence electrons. The van der Waals surface area contributed by atoms with Crippen molar-refractivity contribution < 1.29 is 23.2 Å². The molecule has 1 aromatic rings. The highest BCUT2D eigenvalue weighted by atomic mass is 31.1. The van der Waals surface area contributed by atoms with E-state index in [1.165, 1.54) is 31.2 Å². The molecule has 17 heavy (non-hydrogen) atoms. The maximum atomic E-state index is 12.7. The van der Waals surface area contributed by atoms with Crippen LogP contribution in [0.5, 0.6) is 0 Å². The van der Waals surface area contributed by atoms with Crippen LogP contribution in [0, 0.1) is 5.82 Å². The molecule has 7 heteroatoms. The van der Waals surface area contributed by atoms with E-state index in [1.807, 2.05) is 0 Å². The molecular formula is C10H13FNO4P. The van der Waals surface area contributed by atoms with Crippen LogP contribution in [0.2, 0.25) is 0 Å². The summed E-state index contributed by atoms with van der Waals surface area (Å²) in [7, 11) is -3.14. The van der Waals surface area contributed by atoms with Crippen molar-refractivity contribution in [3.05, 3.63) is 35.6 Å². The van der Waals surface area contributed by atoms with E-state index in [2.05, 4.69) is 9.84 Å². The normalized spacial score (nSPS) is 14.1. The van der Waals surface area contributed by atoms with E-state index in [1.54, 1.807) is 0 Å². The van der Waals surface area contributed by atoms with Gasteiger partial charge in [-0.2, -0.15) is 0 Å². The van der Waals surface area contributed by atoms with Crippen molar-refractivity contribution in [3.63, 3.8) is 0 Å². The van der Waals surface area contributed by atoms with Gasteiger partial charge in [-0.1, -0.05) is 12.1 Å². The van der Waals surface area contributed by atoms with Gasteiger partial charge in [0.05, 0.1) is 0 Å². The highest BCUT2D eigenvalue weighted by Crippen LogP contribution is 2.19. The maximum Gasteiger partial charge on any atom is 0.318 e. The van der Waals surface area contributed by atoms with Gasteiger partial charge in [-0.25, -0.2) is 4.39 Å². The largest absolute Gasteiger partial charge is 0.330 e. The van der Waals surface area contributed by atoms with Crippen LogP contribution in [0.25, 0.3) is 0 Å². The molecule has 0 bridgehead atoms. The Hall–Kier alpha value is -1.23. The molecule has 0 saturated carbocycles. The van der Waals surface area contributed by atoms with Crippen molar-refractivity contribution in [1.29, 1.82) is 0 Å². The third-order valence-corrected chi connectivity index (χ3v) is 2.43. The summed E-state index contributed by atoms with van der Waals surface area (Å²) in [5, 5.41) is 2.38. The van der Waals surface area contributed by atoms with Gasteiger partial charge in [0, 0.05) is 13.3 Å². The van der Waals surface area contributed by atoms with E-state index < -0.39 is 14.5 Å². The molecule has 0 fully saturated rings. The van der Waals surface area contributed by atoms with Crippen LogP contribution in [-0.4, -0.2) is 17.0 Å². The predicted molar refractivity (Wildman–Crippen MR) is 60.0 cm³/mol. The van der Waals surface area contributed by atoms with Gasteiger partial charge in [-0.05, 0) is 17.7 Å². The predicted octanol–water partition coefficient (Wildman–Crippen LogP) is 1.23. The van der Waals surface area contributed by atoms with Crippen molar-refractivity contribution in [1.82, 2.24) is 5.32 Å². The minimum absolute atomic E-state index is 0.191. The van der Waals surface area contributed by atoms with E-state index in [0.29, 0.717) is 5.56 Å². The van der Waals surface area contributed by atoms with Crippen molar-refractivity contribution in [2.24, 2.45) is 0 Å². The molecule has 2 atom stereocenters. The van der Waals surface area contributed by atoms with E-state index in [9.17, 15) is 13.8 Å². The summed E-state index contributed by atoms with van der Waals surface area (Å²) in [6, 6.07) is 5.56. The number of carbonyl (C=O) groups excluding carboxylic acids is 1. The third-order valence-electron chi connectivity index (χ3n) is 1.94.